The molecular weight excluding hydrogens is 324 g/mol. The molecule has 0 atom stereocenters. The Labute approximate surface area is 153 Å². The third kappa shape index (κ3) is 3.05. The molecule has 1 saturated heterocycles. The number of nitrogens with zero attached hydrogens (tertiary/aromatic N) is 4. The van der Waals surface area contributed by atoms with Crippen molar-refractivity contribution in [3.63, 3.8) is 0 Å². The van der Waals surface area contributed by atoms with E-state index in [4.69, 9.17) is 0 Å². The second kappa shape index (κ2) is 6.83. The number of hydrogen-bond donors (Lipinski definition) is 0. The highest BCUT2D eigenvalue weighted by Crippen LogP contribution is 2.21. The summed E-state index contributed by atoms with van der Waals surface area (Å²) in [5, 5.41) is 0. The molecule has 1 aliphatic rings. The van der Waals surface area contributed by atoms with Crippen LogP contribution in [0.1, 0.15) is 30.2 Å². The topological polar surface area (TPSA) is 41.4 Å². The first-order valence-electron chi connectivity index (χ1n) is 9.19. The number of aromatic nitrogens is 2. The van der Waals surface area contributed by atoms with E-state index in [1.54, 1.807) is 0 Å². The fourth-order valence-corrected chi connectivity index (χ4v) is 3.57. The maximum absolute atomic E-state index is 12.9. The van der Waals surface area contributed by atoms with E-state index in [-0.39, 0.29) is 5.91 Å². The van der Waals surface area contributed by atoms with Crippen molar-refractivity contribution in [2.75, 3.05) is 31.1 Å². The summed E-state index contributed by atoms with van der Waals surface area (Å²) < 4.78 is 2.13. The quantitative estimate of drug-likeness (QED) is 0.726. The summed E-state index contributed by atoms with van der Waals surface area (Å²) in [4.78, 5) is 21.6. The van der Waals surface area contributed by atoms with Crippen molar-refractivity contribution >= 4 is 22.6 Å². The predicted molar refractivity (Wildman–Crippen MR) is 105 cm³/mol. The summed E-state index contributed by atoms with van der Waals surface area (Å²) in [6.45, 7) is 7.47. The van der Waals surface area contributed by atoms with E-state index in [1.807, 2.05) is 35.5 Å². The van der Waals surface area contributed by atoms with Gasteiger partial charge in [-0.15, -0.1) is 0 Å². The first-order chi connectivity index (χ1) is 12.6. The second-order valence-electron chi connectivity index (χ2n) is 7.06. The van der Waals surface area contributed by atoms with Gasteiger partial charge in [0.05, 0.1) is 17.4 Å². The average Bonchev–Trinajstić information content (AvgIpc) is 3.12. The number of amides is 1. The van der Waals surface area contributed by atoms with Crippen LogP contribution in [0.15, 0.2) is 54.9 Å². The molecule has 1 aromatic heterocycles. The molecule has 26 heavy (non-hydrogen) atoms. The van der Waals surface area contributed by atoms with Crippen molar-refractivity contribution in [1.29, 1.82) is 0 Å². The normalized spacial score (nSPS) is 15.0. The van der Waals surface area contributed by atoms with E-state index in [9.17, 15) is 4.79 Å². The highest BCUT2D eigenvalue weighted by molar-refractivity contribution is 5.97. The molecule has 0 saturated carbocycles. The van der Waals surface area contributed by atoms with E-state index >= 15 is 0 Å². The van der Waals surface area contributed by atoms with Crippen LogP contribution < -0.4 is 4.90 Å². The van der Waals surface area contributed by atoms with Crippen molar-refractivity contribution in [3.05, 3.63) is 60.4 Å². The van der Waals surface area contributed by atoms with E-state index in [1.165, 1.54) is 5.69 Å². The van der Waals surface area contributed by atoms with E-state index in [0.29, 0.717) is 6.04 Å². The van der Waals surface area contributed by atoms with Crippen LogP contribution in [0, 0.1) is 0 Å². The molecule has 2 aromatic carbocycles. The molecule has 0 unspecified atom stereocenters. The third-order valence-corrected chi connectivity index (χ3v) is 5.07. The maximum atomic E-state index is 12.9. The zero-order chi connectivity index (χ0) is 18.1. The van der Waals surface area contributed by atoms with E-state index in [2.05, 4.69) is 52.6 Å². The standard InChI is InChI=1S/C21H24N4O/c1-16(2)25-15-22-19-14-17(8-9-20(19)25)21(26)24-12-10-23(11-13-24)18-6-4-3-5-7-18/h3-9,14-16H,10-13H2,1-2H3. The van der Waals surface area contributed by atoms with E-state index in [0.717, 1.165) is 42.8 Å². The van der Waals surface area contributed by atoms with Gasteiger partial charge < -0.3 is 14.4 Å². The molecule has 1 fully saturated rings. The highest BCUT2D eigenvalue weighted by Gasteiger charge is 2.22. The zero-order valence-corrected chi connectivity index (χ0v) is 15.3. The van der Waals surface area contributed by atoms with Gasteiger partial charge in [0, 0.05) is 43.5 Å². The minimum Gasteiger partial charge on any atom is -0.368 e. The van der Waals surface area contributed by atoms with Gasteiger partial charge in [0.15, 0.2) is 0 Å². The number of para-hydroxylation sites is 1. The fraction of sp³-hybridized carbons (Fsp3) is 0.333. The lowest BCUT2D eigenvalue weighted by molar-refractivity contribution is 0.0747. The fourth-order valence-electron chi connectivity index (χ4n) is 3.57. The van der Waals surface area contributed by atoms with Gasteiger partial charge in [0.25, 0.3) is 5.91 Å². The number of piperazine rings is 1. The van der Waals surface area contributed by atoms with Crippen LogP contribution in [-0.4, -0.2) is 46.5 Å². The molecule has 5 nitrogen and oxygen atoms in total. The number of fused-ring (bicyclic) bond motifs is 1. The van der Waals surface area contributed by atoms with Crippen LogP contribution in [0.2, 0.25) is 0 Å². The molecule has 0 bridgehead atoms. The van der Waals surface area contributed by atoms with Crippen molar-refractivity contribution in [1.82, 2.24) is 14.5 Å². The number of benzene rings is 2. The van der Waals surface area contributed by atoms with Crippen LogP contribution >= 0.6 is 0 Å². The molecular formula is C21H24N4O. The SMILES string of the molecule is CC(C)n1cnc2cc(C(=O)N3CCN(c4ccccc4)CC3)ccc21. The Bertz CT molecular complexity index is 908. The van der Waals surface area contributed by atoms with Crippen LogP contribution in [-0.2, 0) is 0 Å². The lowest BCUT2D eigenvalue weighted by atomic mass is 10.1. The van der Waals surface area contributed by atoms with Gasteiger partial charge in [-0.25, -0.2) is 4.98 Å². The van der Waals surface area contributed by atoms with Crippen LogP contribution in [0.4, 0.5) is 5.69 Å². The molecule has 2 heterocycles. The van der Waals surface area contributed by atoms with Crippen molar-refractivity contribution in [2.24, 2.45) is 0 Å². The summed E-state index contributed by atoms with van der Waals surface area (Å²) in [5.74, 6) is 0.0960. The Morgan fingerprint density at radius 2 is 1.73 bits per heavy atom. The molecule has 134 valence electrons. The Morgan fingerprint density at radius 3 is 2.42 bits per heavy atom. The number of imidazole rings is 1. The molecule has 0 spiro atoms. The second-order valence-corrected chi connectivity index (χ2v) is 7.06. The van der Waals surface area contributed by atoms with Crippen LogP contribution in [0.3, 0.4) is 0 Å². The lowest BCUT2D eigenvalue weighted by Gasteiger charge is -2.36. The summed E-state index contributed by atoms with van der Waals surface area (Å²) in [6, 6.07) is 16.6. The van der Waals surface area contributed by atoms with Gasteiger partial charge in [-0.05, 0) is 44.2 Å². The number of carbonyl (C=O) groups is 1. The van der Waals surface area contributed by atoms with Gasteiger partial charge in [-0.1, -0.05) is 18.2 Å². The first-order valence-corrected chi connectivity index (χ1v) is 9.19. The molecule has 1 aliphatic heterocycles. The molecule has 0 N–H and O–H groups in total. The average molecular weight is 348 g/mol. The number of anilines is 1. The lowest BCUT2D eigenvalue weighted by Crippen LogP contribution is -2.48. The van der Waals surface area contributed by atoms with Gasteiger partial charge in [-0.2, -0.15) is 0 Å². The van der Waals surface area contributed by atoms with Gasteiger partial charge in [-0.3, -0.25) is 4.79 Å². The number of rotatable bonds is 3. The minimum absolute atomic E-state index is 0.0960. The minimum atomic E-state index is 0.0960. The molecule has 4 rings (SSSR count). The predicted octanol–water partition coefficient (Wildman–Crippen LogP) is 3.58. The van der Waals surface area contributed by atoms with Gasteiger partial charge in [0.2, 0.25) is 0 Å². The summed E-state index contributed by atoms with van der Waals surface area (Å²) in [6.07, 6.45) is 1.85. The molecule has 1 amide bonds. The molecule has 5 heteroatoms. The molecule has 3 aromatic rings. The summed E-state index contributed by atoms with van der Waals surface area (Å²) in [7, 11) is 0. The number of hydrogen-bond acceptors (Lipinski definition) is 3. The molecule has 0 radical (unpaired) electrons. The molecule has 0 aliphatic carbocycles. The smallest absolute Gasteiger partial charge is 0.254 e. The van der Waals surface area contributed by atoms with Crippen LogP contribution in [0.25, 0.3) is 11.0 Å². The maximum Gasteiger partial charge on any atom is 0.254 e. The van der Waals surface area contributed by atoms with E-state index < -0.39 is 0 Å². The summed E-state index contributed by atoms with van der Waals surface area (Å²) >= 11 is 0. The Kier molecular flexibility index (Phi) is 4.37. The first kappa shape index (κ1) is 16.6. The Morgan fingerprint density at radius 1 is 1.00 bits per heavy atom. The van der Waals surface area contributed by atoms with Crippen molar-refractivity contribution < 1.29 is 4.79 Å². The largest absolute Gasteiger partial charge is 0.368 e. The Balaban J connectivity index is 1.47. The third-order valence-electron chi connectivity index (χ3n) is 5.07. The van der Waals surface area contributed by atoms with Crippen LogP contribution in [0.5, 0.6) is 0 Å². The summed E-state index contributed by atoms with van der Waals surface area (Å²) in [5.41, 5.74) is 3.90. The highest BCUT2D eigenvalue weighted by atomic mass is 16.2. The van der Waals surface area contributed by atoms with Crippen molar-refractivity contribution in [2.45, 2.75) is 19.9 Å². The van der Waals surface area contributed by atoms with Gasteiger partial charge in [0.1, 0.15) is 0 Å². The monoisotopic (exact) mass is 348 g/mol. The Hall–Kier alpha value is -2.82. The van der Waals surface area contributed by atoms with Crippen molar-refractivity contribution in [3.8, 4) is 0 Å². The van der Waals surface area contributed by atoms with Gasteiger partial charge >= 0.3 is 0 Å². The number of carbonyl (C=O) groups excluding carboxylic acids is 1. The zero-order valence-electron chi connectivity index (χ0n) is 15.3.